The third kappa shape index (κ3) is 8.77. The summed E-state index contributed by atoms with van der Waals surface area (Å²) in [5.74, 6) is -1.58. The molecular formula is C37H39F2N3O5S. The van der Waals surface area contributed by atoms with Crippen LogP contribution in [0.3, 0.4) is 0 Å². The van der Waals surface area contributed by atoms with E-state index in [1.807, 2.05) is 37.3 Å². The minimum absolute atomic E-state index is 0.0331. The molecule has 1 saturated carbocycles. The highest BCUT2D eigenvalue weighted by atomic mass is 32.2. The average Bonchev–Trinajstić information content (AvgIpc) is 3.60. The molecule has 11 heteroatoms. The molecule has 8 nitrogen and oxygen atoms in total. The number of sulfonamides is 1. The van der Waals surface area contributed by atoms with E-state index in [1.165, 1.54) is 65.6 Å². The summed E-state index contributed by atoms with van der Waals surface area (Å²) in [6.45, 7) is 1.42. The molecule has 252 valence electrons. The van der Waals surface area contributed by atoms with E-state index in [2.05, 4.69) is 5.32 Å². The zero-order valence-corrected chi connectivity index (χ0v) is 27.5. The molecule has 1 aliphatic carbocycles. The molecule has 0 aromatic heterocycles. The van der Waals surface area contributed by atoms with Gasteiger partial charge in [-0.2, -0.15) is 0 Å². The smallest absolute Gasteiger partial charge is 0.264 e. The highest BCUT2D eigenvalue weighted by Crippen LogP contribution is 2.27. The Bertz CT molecular complexity index is 1760. The summed E-state index contributed by atoms with van der Waals surface area (Å²) < 4.78 is 62.6. The number of hydrogen-bond acceptors (Lipinski definition) is 5. The van der Waals surface area contributed by atoms with Crippen molar-refractivity contribution < 1.29 is 31.5 Å². The molecule has 4 aromatic carbocycles. The Labute approximate surface area is 280 Å². The van der Waals surface area contributed by atoms with Crippen LogP contribution in [0.2, 0.25) is 0 Å². The van der Waals surface area contributed by atoms with Gasteiger partial charge in [0.15, 0.2) is 0 Å². The number of rotatable bonds is 14. The number of nitrogens with one attached hydrogen (secondary N) is 1. The molecule has 0 bridgehead atoms. The Morgan fingerprint density at radius 2 is 1.44 bits per heavy atom. The lowest BCUT2D eigenvalue weighted by Crippen LogP contribution is -2.54. The molecule has 1 aliphatic rings. The van der Waals surface area contributed by atoms with Gasteiger partial charge in [-0.25, -0.2) is 17.2 Å². The van der Waals surface area contributed by atoms with Crippen molar-refractivity contribution in [2.45, 2.75) is 62.6 Å². The lowest BCUT2D eigenvalue weighted by Gasteiger charge is -2.34. The summed E-state index contributed by atoms with van der Waals surface area (Å²) >= 11 is 0. The standard InChI is InChI=1S/C37H39F2N3O5S/c1-2-47-33-20-22-34(23-21-33)48(45,46)42(32-18-16-30(39)17-19-32)26-36(43)41(25-28-12-14-29(38)15-13-28)35(24-27-8-4-3-5-9-27)37(44)40-31-10-6-7-11-31/h3-5,8-9,12-23,31,35H,2,6-7,10-11,24-26H2,1H3,(H,40,44)/t35-/m0/s1. The molecule has 5 rings (SSSR count). The first-order chi connectivity index (χ1) is 23.1. The molecule has 0 aliphatic heterocycles. The van der Waals surface area contributed by atoms with Gasteiger partial charge in [-0.1, -0.05) is 55.3 Å². The van der Waals surface area contributed by atoms with Crippen LogP contribution in [0.15, 0.2) is 108 Å². The van der Waals surface area contributed by atoms with E-state index >= 15 is 0 Å². The first-order valence-electron chi connectivity index (χ1n) is 16.0. The van der Waals surface area contributed by atoms with E-state index in [9.17, 15) is 26.8 Å². The summed E-state index contributed by atoms with van der Waals surface area (Å²) in [4.78, 5) is 29.8. The number of amides is 2. The molecule has 1 N–H and O–H groups in total. The van der Waals surface area contributed by atoms with Crippen LogP contribution in [0.25, 0.3) is 0 Å². The summed E-state index contributed by atoms with van der Waals surface area (Å²) in [7, 11) is -4.37. The van der Waals surface area contributed by atoms with Gasteiger partial charge in [0.25, 0.3) is 10.0 Å². The van der Waals surface area contributed by atoms with E-state index < -0.39 is 40.2 Å². The number of anilines is 1. The Balaban J connectivity index is 1.55. The second-order valence-electron chi connectivity index (χ2n) is 11.7. The van der Waals surface area contributed by atoms with E-state index in [0.29, 0.717) is 17.9 Å². The summed E-state index contributed by atoms with van der Waals surface area (Å²) in [5, 5.41) is 3.11. The minimum atomic E-state index is -4.37. The number of halogens is 2. The number of ether oxygens (including phenoxy) is 1. The van der Waals surface area contributed by atoms with Crippen LogP contribution in [-0.4, -0.2) is 50.4 Å². The summed E-state index contributed by atoms with van der Waals surface area (Å²) in [6.07, 6.45) is 3.79. The number of benzene rings is 4. The van der Waals surface area contributed by atoms with Crippen molar-refractivity contribution in [3.05, 3.63) is 126 Å². The predicted octanol–water partition coefficient (Wildman–Crippen LogP) is 6.26. The molecule has 1 fully saturated rings. The highest BCUT2D eigenvalue weighted by molar-refractivity contribution is 7.92. The van der Waals surface area contributed by atoms with Crippen LogP contribution in [0.1, 0.15) is 43.7 Å². The molecule has 0 heterocycles. The van der Waals surface area contributed by atoms with Crippen molar-refractivity contribution >= 4 is 27.5 Å². The van der Waals surface area contributed by atoms with Crippen LogP contribution >= 0.6 is 0 Å². The van der Waals surface area contributed by atoms with Gasteiger partial charge in [-0.3, -0.25) is 13.9 Å². The summed E-state index contributed by atoms with van der Waals surface area (Å²) in [5.41, 5.74) is 1.42. The number of hydrogen-bond donors (Lipinski definition) is 1. The largest absolute Gasteiger partial charge is 0.494 e. The molecule has 4 aromatic rings. The molecule has 48 heavy (non-hydrogen) atoms. The van der Waals surface area contributed by atoms with Crippen molar-refractivity contribution in [2.24, 2.45) is 0 Å². The normalized spacial score (nSPS) is 13.9. The van der Waals surface area contributed by atoms with Gasteiger partial charge in [-0.05, 0) is 91.6 Å². The van der Waals surface area contributed by atoms with E-state index in [-0.39, 0.29) is 35.5 Å². The van der Waals surface area contributed by atoms with E-state index in [1.54, 1.807) is 0 Å². The topological polar surface area (TPSA) is 96.0 Å². The molecule has 1 atom stereocenters. The van der Waals surface area contributed by atoms with Gasteiger partial charge >= 0.3 is 0 Å². The SMILES string of the molecule is CCOc1ccc(S(=O)(=O)N(CC(=O)N(Cc2ccc(F)cc2)[C@@H](Cc2ccccc2)C(=O)NC2CCCC2)c2ccc(F)cc2)cc1. The molecule has 0 spiro atoms. The van der Waals surface area contributed by atoms with Crippen molar-refractivity contribution in [1.82, 2.24) is 10.2 Å². The van der Waals surface area contributed by atoms with Gasteiger partial charge in [-0.15, -0.1) is 0 Å². The zero-order valence-electron chi connectivity index (χ0n) is 26.7. The van der Waals surface area contributed by atoms with E-state index in [0.717, 1.165) is 47.7 Å². The Morgan fingerprint density at radius 3 is 2.04 bits per heavy atom. The summed E-state index contributed by atoms with van der Waals surface area (Å²) in [6, 6.07) is 24.4. The maximum atomic E-state index is 14.5. The van der Waals surface area contributed by atoms with Crippen molar-refractivity contribution in [3.8, 4) is 5.75 Å². The van der Waals surface area contributed by atoms with Crippen molar-refractivity contribution in [1.29, 1.82) is 0 Å². The fourth-order valence-corrected chi connectivity index (χ4v) is 7.26. The first-order valence-corrected chi connectivity index (χ1v) is 17.5. The number of carbonyl (C=O) groups is 2. The lowest BCUT2D eigenvalue weighted by molar-refractivity contribution is -0.140. The second kappa shape index (κ2) is 15.9. The fourth-order valence-electron chi connectivity index (χ4n) is 5.85. The van der Waals surface area contributed by atoms with Crippen LogP contribution in [-0.2, 0) is 32.6 Å². The van der Waals surface area contributed by atoms with Crippen LogP contribution in [0.4, 0.5) is 14.5 Å². The zero-order chi connectivity index (χ0) is 34.1. The average molecular weight is 676 g/mol. The predicted molar refractivity (Wildman–Crippen MR) is 180 cm³/mol. The van der Waals surface area contributed by atoms with Gasteiger partial charge < -0.3 is 15.0 Å². The fraction of sp³-hybridized carbons (Fsp3) is 0.297. The Morgan fingerprint density at radius 1 is 0.833 bits per heavy atom. The number of nitrogens with zero attached hydrogens (tertiary/aromatic N) is 2. The quantitative estimate of drug-likeness (QED) is 0.170. The van der Waals surface area contributed by atoms with Gasteiger partial charge in [0.05, 0.1) is 17.2 Å². The molecular weight excluding hydrogens is 636 g/mol. The van der Waals surface area contributed by atoms with Crippen LogP contribution in [0.5, 0.6) is 5.75 Å². The van der Waals surface area contributed by atoms with Crippen molar-refractivity contribution in [2.75, 3.05) is 17.5 Å². The third-order valence-corrected chi connectivity index (χ3v) is 10.1. The van der Waals surface area contributed by atoms with Crippen molar-refractivity contribution in [3.63, 3.8) is 0 Å². The minimum Gasteiger partial charge on any atom is -0.494 e. The Kier molecular flexibility index (Phi) is 11.4. The van der Waals surface area contributed by atoms with Gasteiger partial charge in [0.2, 0.25) is 11.8 Å². The monoisotopic (exact) mass is 675 g/mol. The molecule has 2 amide bonds. The van der Waals surface area contributed by atoms with Gasteiger partial charge in [0, 0.05) is 19.0 Å². The first kappa shape index (κ1) is 34.6. The van der Waals surface area contributed by atoms with Crippen LogP contribution in [0, 0.1) is 11.6 Å². The van der Waals surface area contributed by atoms with E-state index in [4.69, 9.17) is 4.74 Å². The highest BCUT2D eigenvalue weighted by Gasteiger charge is 2.35. The number of carbonyl (C=O) groups excluding carboxylic acids is 2. The molecule has 0 saturated heterocycles. The Hall–Kier alpha value is -4.77. The maximum Gasteiger partial charge on any atom is 0.264 e. The maximum absolute atomic E-state index is 14.5. The lowest BCUT2D eigenvalue weighted by atomic mass is 10.0. The van der Waals surface area contributed by atoms with Crippen LogP contribution < -0.4 is 14.4 Å². The third-order valence-electron chi connectivity index (χ3n) is 8.36. The van der Waals surface area contributed by atoms with Gasteiger partial charge in [0.1, 0.15) is 30.0 Å². The second-order valence-corrected chi connectivity index (χ2v) is 13.6. The molecule has 0 unspecified atom stereocenters. The molecule has 0 radical (unpaired) electrons.